The Labute approximate surface area is 110 Å². The number of ether oxygens (including phenoxy) is 1. The summed E-state index contributed by atoms with van der Waals surface area (Å²) in [5.41, 5.74) is 2.35. The Balaban J connectivity index is 2.35. The van der Waals surface area contributed by atoms with Crippen molar-refractivity contribution in [2.24, 2.45) is 0 Å². The van der Waals surface area contributed by atoms with E-state index in [1.54, 1.807) is 0 Å². The maximum atomic E-state index is 8.56. The molecule has 0 fully saturated rings. The average Bonchev–Trinajstić information content (AvgIpc) is 2.41. The summed E-state index contributed by atoms with van der Waals surface area (Å²) in [6, 6.07) is 8.42. The number of benzene rings is 1. The summed E-state index contributed by atoms with van der Waals surface area (Å²) in [4.78, 5) is 2.31. The number of hydrogen-bond donors (Lipinski definition) is 2. The van der Waals surface area contributed by atoms with E-state index >= 15 is 0 Å². The summed E-state index contributed by atoms with van der Waals surface area (Å²) < 4.78 is 5.18. The summed E-state index contributed by atoms with van der Waals surface area (Å²) in [5.74, 6) is 0. The van der Waals surface area contributed by atoms with Crippen LogP contribution in [0.4, 0.5) is 11.4 Å². The summed E-state index contributed by atoms with van der Waals surface area (Å²) >= 11 is 0. The second-order valence-electron chi connectivity index (χ2n) is 3.98. The highest BCUT2D eigenvalue weighted by molar-refractivity contribution is 5.54. The molecule has 0 aliphatic rings. The third kappa shape index (κ3) is 4.94. The number of rotatable bonds is 9. The molecule has 0 aliphatic carbocycles. The Hall–Kier alpha value is -1.26. The lowest BCUT2D eigenvalue weighted by Crippen LogP contribution is -2.21. The second kappa shape index (κ2) is 8.78. The van der Waals surface area contributed by atoms with Crippen molar-refractivity contribution in [3.05, 3.63) is 24.3 Å². The van der Waals surface area contributed by atoms with E-state index in [1.807, 2.05) is 0 Å². The smallest absolute Gasteiger partial charge is 0.0698 e. The first-order valence-corrected chi connectivity index (χ1v) is 6.59. The van der Waals surface area contributed by atoms with Crippen LogP contribution in [0.3, 0.4) is 0 Å². The van der Waals surface area contributed by atoms with Crippen LogP contribution >= 0.6 is 0 Å². The molecular weight excluding hydrogens is 228 g/mol. The first kappa shape index (κ1) is 14.8. The minimum absolute atomic E-state index is 0.0819. The number of nitrogens with zero attached hydrogens (tertiary/aromatic N) is 1. The van der Waals surface area contributed by atoms with Crippen molar-refractivity contribution in [1.82, 2.24) is 0 Å². The van der Waals surface area contributed by atoms with Crippen LogP contribution in [0.15, 0.2) is 24.3 Å². The number of hydrogen-bond acceptors (Lipinski definition) is 4. The molecule has 0 amide bonds. The molecule has 0 saturated heterocycles. The maximum absolute atomic E-state index is 8.56. The lowest BCUT2D eigenvalue weighted by molar-refractivity contribution is 0.0992. The van der Waals surface area contributed by atoms with Crippen LogP contribution in [0, 0.1) is 0 Å². The van der Waals surface area contributed by atoms with Crippen LogP contribution in [0.1, 0.15) is 13.8 Å². The van der Waals surface area contributed by atoms with Gasteiger partial charge in [-0.1, -0.05) is 0 Å². The van der Waals surface area contributed by atoms with Crippen molar-refractivity contribution in [3.8, 4) is 0 Å². The molecule has 4 nitrogen and oxygen atoms in total. The molecule has 0 radical (unpaired) electrons. The van der Waals surface area contributed by atoms with Gasteiger partial charge in [0, 0.05) is 31.0 Å². The van der Waals surface area contributed by atoms with Crippen LogP contribution in [0.25, 0.3) is 0 Å². The molecule has 1 aromatic rings. The van der Waals surface area contributed by atoms with E-state index in [4.69, 9.17) is 9.84 Å². The quantitative estimate of drug-likeness (QED) is 0.659. The topological polar surface area (TPSA) is 44.7 Å². The standard InChI is InChI=1S/C14H24N2O2/c1-3-16(4-2)14-7-5-13(6-8-14)15-9-11-18-12-10-17/h5-8,15,17H,3-4,9-12H2,1-2H3. The highest BCUT2D eigenvalue weighted by Gasteiger charge is 2.00. The minimum atomic E-state index is 0.0819. The Morgan fingerprint density at radius 2 is 1.78 bits per heavy atom. The first-order chi connectivity index (χ1) is 8.81. The van der Waals surface area contributed by atoms with Crippen LogP contribution < -0.4 is 10.2 Å². The molecule has 0 atom stereocenters. The van der Waals surface area contributed by atoms with Gasteiger partial charge >= 0.3 is 0 Å². The van der Waals surface area contributed by atoms with E-state index in [0.717, 1.165) is 25.3 Å². The Bertz CT molecular complexity index is 310. The van der Waals surface area contributed by atoms with E-state index in [1.165, 1.54) is 5.69 Å². The Morgan fingerprint density at radius 1 is 1.11 bits per heavy atom. The van der Waals surface area contributed by atoms with Gasteiger partial charge in [0.25, 0.3) is 0 Å². The van der Waals surface area contributed by atoms with E-state index in [0.29, 0.717) is 13.2 Å². The van der Waals surface area contributed by atoms with Gasteiger partial charge in [-0.15, -0.1) is 0 Å². The van der Waals surface area contributed by atoms with Crippen molar-refractivity contribution < 1.29 is 9.84 Å². The Kier molecular flexibility index (Phi) is 7.22. The molecule has 0 aromatic heterocycles. The van der Waals surface area contributed by atoms with Gasteiger partial charge in [-0.3, -0.25) is 0 Å². The third-order valence-corrected chi connectivity index (χ3v) is 2.81. The number of anilines is 2. The second-order valence-corrected chi connectivity index (χ2v) is 3.98. The van der Waals surface area contributed by atoms with Gasteiger partial charge in [0.05, 0.1) is 19.8 Å². The van der Waals surface area contributed by atoms with Gasteiger partial charge in [-0.2, -0.15) is 0 Å². The van der Waals surface area contributed by atoms with Gasteiger partial charge in [0.15, 0.2) is 0 Å². The molecule has 102 valence electrons. The largest absolute Gasteiger partial charge is 0.394 e. The maximum Gasteiger partial charge on any atom is 0.0698 e. The molecule has 2 N–H and O–H groups in total. The van der Waals surface area contributed by atoms with Crippen molar-refractivity contribution in [2.45, 2.75) is 13.8 Å². The summed E-state index contributed by atoms with van der Waals surface area (Å²) in [5, 5.41) is 11.8. The molecule has 0 saturated carbocycles. The van der Waals surface area contributed by atoms with Gasteiger partial charge in [0.1, 0.15) is 0 Å². The third-order valence-electron chi connectivity index (χ3n) is 2.81. The van der Waals surface area contributed by atoms with Crippen LogP contribution in [-0.4, -0.2) is 44.6 Å². The zero-order chi connectivity index (χ0) is 13.2. The molecular formula is C14H24N2O2. The van der Waals surface area contributed by atoms with Crippen molar-refractivity contribution in [1.29, 1.82) is 0 Å². The molecule has 4 heteroatoms. The predicted octanol–water partition coefficient (Wildman–Crippen LogP) is 1.95. The molecule has 0 spiro atoms. The first-order valence-electron chi connectivity index (χ1n) is 6.59. The molecule has 1 aromatic carbocycles. The highest BCUT2D eigenvalue weighted by atomic mass is 16.5. The fourth-order valence-electron chi connectivity index (χ4n) is 1.81. The fourth-order valence-corrected chi connectivity index (χ4v) is 1.81. The van der Waals surface area contributed by atoms with Gasteiger partial charge in [-0.25, -0.2) is 0 Å². The highest BCUT2D eigenvalue weighted by Crippen LogP contribution is 2.17. The molecule has 0 heterocycles. The number of aliphatic hydroxyl groups is 1. The normalized spacial score (nSPS) is 10.4. The number of nitrogens with one attached hydrogen (secondary N) is 1. The fraction of sp³-hybridized carbons (Fsp3) is 0.571. The molecule has 1 rings (SSSR count). The van der Waals surface area contributed by atoms with Crippen molar-refractivity contribution in [2.75, 3.05) is 49.7 Å². The molecule has 0 unspecified atom stereocenters. The van der Waals surface area contributed by atoms with Gasteiger partial charge < -0.3 is 20.1 Å². The summed E-state index contributed by atoms with van der Waals surface area (Å²) in [6.45, 7) is 8.23. The monoisotopic (exact) mass is 252 g/mol. The van der Waals surface area contributed by atoms with Crippen LogP contribution in [0.2, 0.25) is 0 Å². The molecule has 0 aliphatic heterocycles. The average molecular weight is 252 g/mol. The van der Waals surface area contributed by atoms with E-state index in [9.17, 15) is 0 Å². The zero-order valence-electron chi connectivity index (χ0n) is 11.4. The summed E-state index contributed by atoms with van der Waals surface area (Å²) in [7, 11) is 0. The minimum Gasteiger partial charge on any atom is -0.394 e. The molecule has 18 heavy (non-hydrogen) atoms. The van der Waals surface area contributed by atoms with E-state index in [2.05, 4.69) is 48.3 Å². The van der Waals surface area contributed by atoms with Gasteiger partial charge in [0.2, 0.25) is 0 Å². The number of aliphatic hydroxyl groups excluding tert-OH is 1. The summed E-state index contributed by atoms with van der Waals surface area (Å²) in [6.07, 6.45) is 0. The van der Waals surface area contributed by atoms with Crippen molar-refractivity contribution in [3.63, 3.8) is 0 Å². The van der Waals surface area contributed by atoms with Crippen molar-refractivity contribution >= 4 is 11.4 Å². The van der Waals surface area contributed by atoms with Crippen LogP contribution in [0.5, 0.6) is 0 Å². The van der Waals surface area contributed by atoms with E-state index < -0.39 is 0 Å². The van der Waals surface area contributed by atoms with E-state index in [-0.39, 0.29) is 6.61 Å². The zero-order valence-corrected chi connectivity index (χ0v) is 11.4. The lowest BCUT2D eigenvalue weighted by Gasteiger charge is -2.21. The Morgan fingerprint density at radius 3 is 2.33 bits per heavy atom. The van der Waals surface area contributed by atoms with Crippen LogP contribution in [-0.2, 0) is 4.74 Å². The predicted molar refractivity (Wildman–Crippen MR) is 76.4 cm³/mol. The SMILES string of the molecule is CCN(CC)c1ccc(NCCOCCO)cc1. The lowest BCUT2D eigenvalue weighted by atomic mass is 10.2. The van der Waals surface area contributed by atoms with Gasteiger partial charge in [-0.05, 0) is 38.1 Å². The molecule has 0 bridgehead atoms.